The van der Waals surface area contributed by atoms with Gasteiger partial charge in [-0.15, -0.1) is 0 Å². The van der Waals surface area contributed by atoms with Gasteiger partial charge >= 0.3 is 0 Å². The van der Waals surface area contributed by atoms with Gasteiger partial charge in [-0.1, -0.05) is 0 Å². The summed E-state index contributed by atoms with van der Waals surface area (Å²) in [6, 6.07) is 0. The van der Waals surface area contributed by atoms with Crippen LogP contribution in [0.3, 0.4) is 0 Å². The molecule has 23 heteroatoms. The molecule has 0 heterocycles. The monoisotopic (exact) mass is 783 g/mol. The maximum Gasteiger partial charge on any atom is 0 e. The maximum atomic E-state index is 0. The zero-order valence-corrected chi connectivity index (χ0v) is 19.7. The smallest absolute Gasteiger partial charge is 0 e. The predicted molar refractivity (Wildman–Crippen MR) is 19.9 cm³/mol. The SMILES string of the molecule is [Mo].[Mo].[Mo].[Mo].[Mo].[O-2].[O-2].[O-2].[O-2].[O-2].[O-2].[O-2].[O-2].[O-2].[O-2].[O-2].[O-2].[OH-].[OH-].[OH-].[OH-].[OH-].[OH-]. The van der Waals surface area contributed by atoms with Crippen LogP contribution in [0, 0.1) is 0 Å². The first kappa shape index (κ1) is 2120. The Hall–Kier alpha value is 2.72. The molecule has 23 heavy (non-hydrogen) atoms. The van der Waals surface area contributed by atoms with Crippen molar-refractivity contribution in [3.63, 3.8) is 0 Å². The second kappa shape index (κ2) is 1880. The number of hydrogen-bond acceptors (Lipinski definition) is 6. The Morgan fingerprint density at radius 2 is 0.130 bits per heavy atom. The van der Waals surface area contributed by atoms with Crippen LogP contribution in [0.25, 0.3) is 0 Å². The van der Waals surface area contributed by atoms with Crippen molar-refractivity contribution < 1.29 is 204 Å². The van der Waals surface area contributed by atoms with Gasteiger partial charge in [0.2, 0.25) is 0 Å². The Balaban J connectivity index is 0. The van der Waals surface area contributed by atoms with E-state index in [2.05, 4.69) is 0 Å². The molecular formula is H6Mo5O18-30. The van der Waals surface area contributed by atoms with Crippen LogP contribution in [-0.4, -0.2) is 32.9 Å². The van der Waals surface area contributed by atoms with Crippen molar-refractivity contribution in [3.8, 4) is 0 Å². The summed E-state index contributed by atoms with van der Waals surface area (Å²) in [5.74, 6) is 0. The molecule has 0 fully saturated rings. The van der Waals surface area contributed by atoms with Gasteiger partial charge in [0.25, 0.3) is 0 Å². The molecule has 0 radical (unpaired) electrons. The second-order valence-electron chi connectivity index (χ2n) is 0. The summed E-state index contributed by atoms with van der Waals surface area (Å²) in [5.41, 5.74) is 0. The Bertz CT molecular complexity index is 17.4. The normalized spacial score (nSPS) is 0. The molecule has 0 aromatic carbocycles. The fraction of sp³-hybridized carbons (Fsp3) is 0. The summed E-state index contributed by atoms with van der Waals surface area (Å²) < 4.78 is 0. The van der Waals surface area contributed by atoms with Crippen LogP contribution < -0.4 is 0 Å². The van der Waals surface area contributed by atoms with Crippen LogP contribution in [0.15, 0.2) is 0 Å². The molecule has 0 aromatic heterocycles. The Morgan fingerprint density at radius 1 is 0.130 bits per heavy atom. The van der Waals surface area contributed by atoms with Gasteiger partial charge < -0.3 is 98.6 Å². The van der Waals surface area contributed by atoms with Crippen molar-refractivity contribution in [3.05, 3.63) is 0 Å². The van der Waals surface area contributed by atoms with Crippen molar-refractivity contribution in [2.75, 3.05) is 0 Å². The molecule has 0 aliphatic rings. The van der Waals surface area contributed by atoms with E-state index in [1.54, 1.807) is 0 Å². The molecule has 174 valence electrons. The summed E-state index contributed by atoms with van der Waals surface area (Å²) >= 11 is 0. The molecule has 0 rings (SSSR count). The van der Waals surface area contributed by atoms with E-state index in [0.717, 1.165) is 0 Å². The molecule has 0 amide bonds. The molecule has 0 atom stereocenters. The third-order valence-corrected chi connectivity index (χ3v) is 0. The molecular weight excluding hydrogens is 768 g/mol. The summed E-state index contributed by atoms with van der Waals surface area (Å²) in [4.78, 5) is 0. The molecule has 0 aliphatic heterocycles. The van der Waals surface area contributed by atoms with Crippen molar-refractivity contribution in [1.29, 1.82) is 0 Å². The van der Waals surface area contributed by atoms with Gasteiger partial charge in [0.15, 0.2) is 0 Å². The molecule has 0 saturated carbocycles. The minimum atomic E-state index is 0. The van der Waals surface area contributed by atoms with Gasteiger partial charge in [-0.25, -0.2) is 0 Å². The van der Waals surface area contributed by atoms with Crippen molar-refractivity contribution in [2.24, 2.45) is 0 Å². The fourth-order valence-electron chi connectivity index (χ4n) is 0. The van der Waals surface area contributed by atoms with E-state index in [1.807, 2.05) is 0 Å². The van der Waals surface area contributed by atoms with Gasteiger partial charge in [-0.2, -0.15) is 0 Å². The van der Waals surface area contributed by atoms with Gasteiger partial charge in [0.05, 0.1) is 0 Å². The first-order chi connectivity index (χ1) is 0. The molecule has 0 saturated heterocycles. The van der Waals surface area contributed by atoms with E-state index in [-0.39, 0.29) is 204 Å². The van der Waals surface area contributed by atoms with Gasteiger partial charge in [-0.05, 0) is 0 Å². The van der Waals surface area contributed by atoms with E-state index in [9.17, 15) is 0 Å². The third kappa shape index (κ3) is 1720. The van der Waals surface area contributed by atoms with Gasteiger partial charge in [-0.3, -0.25) is 0 Å². The summed E-state index contributed by atoms with van der Waals surface area (Å²) in [6.45, 7) is 0. The molecule has 6 N–H and O–H groups in total. The van der Waals surface area contributed by atoms with E-state index < -0.39 is 0 Å². The standard InChI is InChI=1S/5Mo.6H2O.12O/h;;;;;6*1H2;;;;;;;;;;;;/q;;;;;;;;;;;12*-2/p-6. The molecule has 18 nitrogen and oxygen atoms in total. The summed E-state index contributed by atoms with van der Waals surface area (Å²) in [7, 11) is 0. The number of rotatable bonds is 0. The summed E-state index contributed by atoms with van der Waals surface area (Å²) in [5, 5.41) is 0. The molecule has 0 bridgehead atoms. The second-order valence-corrected chi connectivity index (χ2v) is 0. The fourth-order valence-corrected chi connectivity index (χ4v) is 0. The van der Waals surface area contributed by atoms with Crippen LogP contribution in [0.5, 0.6) is 0 Å². The van der Waals surface area contributed by atoms with Crippen LogP contribution in [0.1, 0.15) is 0 Å². The Morgan fingerprint density at radius 3 is 0.130 bits per heavy atom. The van der Waals surface area contributed by atoms with E-state index in [0.29, 0.717) is 0 Å². The zero-order valence-electron chi connectivity index (χ0n) is 9.62. The molecule has 0 unspecified atom stereocenters. The first-order valence-electron chi connectivity index (χ1n) is 0. The zero-order chi connectivity index (χ0) is 0. The molecule has 0 aromatic rings. The Kier molecular flexibility index (Phi) is 173000. The van der Waals surface area contributed by atoms with Gasteiger partial charge in [0, 0.05) is 105 Å². The van der Waals surface area contributed by atoms with Crippen LogP contribution in [0.4, 0.5) is 0 Å². The van der Waals surface area contributed by atoms with Crippen LogP contribution in [-0.2, 0) is 171 Å². The van der Waals surface area contributed by atoms with E-state index in [1.165, 1.54) is 0 Å². The minimum Gasteiger partial charge on any atom is -2.00 e. The topological polar surface area (TPSA) is 522 Å². The van der Waals surface area contributed by atoms with Crippen LogP contribution >= 0.6 is 0 Å². The van der Waals surface area contributed by atoms with E-state index in [4.69, 9.17) is 0 Å². The van der Waals surface area contributed by atoms with Crippen molar-refractivity contribution in [2.45, 2.75) is 0 Å². The largest absolute Gasteiger partial charge is 2.00 e. The summed E-state index contributed by atoms with van der Waals surface area (Å²) in [6.07, 6.45) is 0. The van der Waals surface area contributed by atoms with Crippen LogP contribution in [0.2, 0.25) is 0 Å². The van der Waals surface area contributed by atoms with Gasteiger partial charge in [0.1, 0.15) is 0 Å². The predicted octanol–water partition coefficient (Wildman–Crippen LogP) is -2.50. The minimum absolute atomic E-state index is 0. The maximum absolute atomic E-state index is 0. The van der Waals surface area contributed by atoms with Crippen molar-refractivity contribution >= 4 is 0 Å². The third-order valence-electron chi connectivity index (χ3n) is 0. The van der Waals surface area contributed by atoms with Crippen molar-refractivity contribution in [1.82, 2.24) is 0 Å². The quantitative estimate of drug-likeness (QED) is 0.239. The average molecular weight is 774 g/mol. The molecule has 0 spiro atoms. The first-order valence-corrected chi connectivity index (χ1v) is 0. The van der Waals surface area contributed by atoms with E-state index >= 15 is 0 Å². The molecule has 0 aliphatic carbocycles. The number of hydrogen-bond donors (Lipinski definition) is 0. The Labute approximate surface area is 202 Å². The average Bonchev–Trinajstić information content (AvgIpc) is 0.